The molecule has 2 aromatic heterocycles. The summed E-state index contributed by atoms with van der Waals surface area (Å²) < 4.78 is 0. The molecule has 0 radical (unpaired) electrons. The maximum atomic E-state index is 4.40. The Kier molecular flexibility index (Phi) is 2.59. The summed E-state index contributed by atoms with van der Waals surface area (Å²) in [6.45, 7) is 4.25. The van der Waals surface area contributed by atoms with Gasteiger partial charge >= 0.3 is 0 Å². The quantitative estimate of drug-likeness (QED) is 0.751. The molecule has 72 valence electrons. The molecule has 14 heavy (non-hydrogen) atoms. The van der Waals surface area contributed by atoms with Crippen molar-refractivity contribution in [2.75, 3.05) is 0 Å². The van der Waals surface area contributed by atoms with Crippen LogP contribution in [0, 0.1) is 6.92 Å². The molecule has 0 amide bonds. The van der Waals surface area contributed by atoms with Crippen molar-refractivity contribution in [2.45, 2.75) is 20.3 Å². The molecule has 0 spiro atoms. The zero-order chi connectivity index (χ0) is 9.97. The molecule has 0 saturated heterocycles. The van der Waals surface area contributed by atoms with Crippen LogP contribution in [0.1, 0.15) is 17.4 Å². The maximum Gasteiger partial charge on any atom is 0.0861 e. The number of hydrogen-bond donors (Lipinski definition) is 0. The van der Waals surface area contributed by atoms with Crippen LogP contribution in [0.25, 0.3) is 11.3 Å². The van der Waals surface area contributed by atoms with Gasteiger partial charge in [-0.25, -0.2) is 4.98 Å². The third-order valence-electron chi connectivity index (χ3n) is 2.26. The number of aromatic nitrogens is 2. The molecule has 0 aliphatic rings. The van der Waals surface area contributed by atoms with Crippen LogP contribution in [0.5, 0.6) is 0 Å². The predicted octanol–water partition coefficient (Wildman–Crippen LogP) is 3.08. The Hall–Kier alpha value is -1.22. The minimum absolute atomic E-state index is 1.04. The van der Waals surface area contributed by atoms with Crippen molar-refractivity contribution in [3.63, 3.8) is 0 Å². The van der Waals surface area contributed by atoms with Crippen molar-refractivity contribution in [3.05, 3.63) is 34.4 Å². The van der Waals surface area contributed by atoms with Crippen LogP contribution in [0.4, 0.5) is 0 Å². The van der Waals surface area contributed by atoms with E-state index in [1.165, 1.54) is 10.4 Å². The normalized spacial score (nSPS) is 10.4. The van der Waals surface area contributed by atoms with Gasteiger partial charge < -0.3 is 0 Å². The van der Waals surface area contributed by atoms with Crippen molar-refractivity contribution >= 4 is 11.3 Å². The van der Waals surface area contributed by atoms with Gasteiger partial charge in [-0.2, -0.15) is 0 Å². The maximum absolute atomic E-state index is 4.40. The molecule has 0 unspecified atom stereocenters. The molecule has 0 aliphatic carbocycles. The number of pyridine rings is 1. The fourth-order valence-electron chi connectivity index (χ4n) is 1.45. The highest BCUT2D eigenvalue weighted by molar-refractivity contribution is 7.10. The summed E-state index contributed by atoms with van der Waals surface area (Å²) in [5.74, 6) is 0. The molecule has 3 heteroatoms. The highest BCUT2D eigenvalue weighted by Crippen LogP contribution is 2.27. The van der Waals surface area contributed by atoms with Crippen LogP contribution >= 0.6 is 11.3 Å². The third kappa shape index (κ3) is 1.55. The largest absolute Gasteiger partial charge is 0.264 e. The van der Waals surface area contributed by atoms with E-state index in [-0.39, 0.29) is 0 Å². The fraction of sp³-hybridized carbons (Fsp3) is 0.273. The van der Waals surface area contributed by atoms with Gasteiger partial charge in [-0.1, -0.05) is 6.92 Å². The number of aryl methyl sites for hydroxylation is 2. The lowest BCUT2D eigenvalue weighted by atomic mass is 10.1. The van der Waals surface area contributed by atoms with Gasteiger partial charge in [0.1, 0.15) is 0 Å². The number of thiazole rings is 1. The highest BCUT2D eigenvalue weighted by Gasteiger charge is 2.08. The first kappa shape index (κ1) is 9.34. The lowest BCUT2D eigenvalue weighted by Gasteiger charge is -2.02. The van der Waals surface area contributed by atoms with Gasteiger partial charge in [-0.3, -0.25) is 4.98 Å². The topological polar surface area (TPSA) is 25.8 Å². The Morgan fingerprint density at radius 3 is 3.00 bits per heavy atom. The summed E-state index contributed by atoms with van der Waals surface area (Å²) in [6.07, 6.45) is 4.74. The molecule has 2 aromatic rings. The van der Waals surface area contributed by atoms with E-state index in [1.54, 1.807) is 11.3 Å². The summed E-state index contributed by atoms with van der Waals surface area (Å²) in [4.78, 5) is 9.87. The van der Waals surface area contributed by atoms with Gasteiger partial charge in [0.25, 0.3) is 0 Å². The van der Waals surface area contributed by atoms with Crippen molar-refractivity contribution in [1.29, 1.82) is 0 Å². The van der Waals surface area contributed by atoms with E-state index in [9.17, 15) is 0 Å². The van der Waals surface area contributed by atoms with Crippen molar-refractivity contribution in [1.82, 2.24) is 9.97 Å². The summed E-state index contributed by atoms with van der Waals surface area (Å²) in [5, 5.41) is 0. The Balaban J connectivity index is 2.54. The summed E-state index contributed by atoms with van der Waals surface area (Å²) in [6, 6.07) is 2.02. The first-order chi connectivity index (χ1) is 6.83. The molecule has 0 saturated carbocycles. The van der Waals surface area contributed by atoms with E-state index in [2.05, 4.69) is 23.8 Å². The van der Waals surface area contributed by atoms with Crippen LogP contribution in [0.3, 0.4) is 0 Å². The fourth-order valence-corrected chi connectivity index (χ4v) is 2.18. The Bertz CT molecular complexity index is 434. The molecular weight excluding hydrogens is 192 g/mol. The van der Waals surface area contributed by atoms with Gasteiger partial charge in [0.2, 0.25) is 0 Å². The number of hydrogen-bond acceptors (Lipinski definition) is 3. The van der Waals surface area contributed by atoms with Crippen molar-refractivity contribution in [3.8, 4) is 11.3 Å². The predicted molar refractivity (Wildman–Crippen MR) is 59.5 cm³/mol. The Labute approximate surface area is 87.7 Å². The third-order valence-corrected chi connectivity index (χ3v) is 3.23. The standard InChI is InChI=1S/C11H12N2S/c1-3-10-11(13-7-14-10)9-6-12-5-4-8(9)2/h4-7H,3H2,1-2H3. The van der Waals surface area contributed by atoms with E-state index >= 15 is 0 Å². The number of nitrogens with zero attached hydrogens (tertiary/aromatic N) is 2. The molecule has 0 aliphatic heterocycles. The Morgan fingerprint density at radius 2 is 2.29 bits per heavy atom. The average molecular weight is 204 g/mol. The molecule has 0 bridgehead atoms. The van der Waals surface area contributed by atoms with Gasteiger partial charge in [-0.05, 0) is 25.0 Å². The lowest BCUT2D eigenvalue weighted by molar-refractivity contribution is 1.16. The van der Waals surface area contributed by atoms with E-state index in [0.29, 0.717) is 0 Å². The highest BCUT2D eigenvalue weighted by atomic mass is 32.1. The van der Waals surface area contributed by atoms with Gasteiger partial charge in [0, 0.05) is 22.8 Å². The van der Waals surface area contributed by atoms with Crippen LogP contribution in [-0.4, -0.2) is 9.97 Å². The molecular formula is C11H12N2S. The van der Waals surface area contributed by atoms with E-state index in [1.807, 2.05) is 24.0 Å². The molecule has 2 nitrogen and oxygen atoms in total. The van der Waals surface area contributed by atoms with Crippen LogP contribution in [0.2, 0.25) is 0 Å². The molecule has 2 rings (SSSR count). The average Bonchev–Trinajstić information content (AvgIpc) is 2.66. The van der Waals surface area contributed by atoms with E-state index in [4.69, 9.17) is 0 Å². The van der Waals surface area contributed by atoms with Gasteiger partial charge in [0.05, 0.1) is 11.2 Å². The minimum atomic E-state index is 1.04. The van der Waals surface area contributed by atoms with Gasteiger partial charge in [-0.15, -0.1) is 11.3 Å². The SMILES string of the molecule is CCc1scnc1-c1cnccc1C. The first-order valence-corrected chi connectivity index (χ1v) is 5.54. The monoisotopic (exact) mass is 204 g/mol. The van der Waals surface area contributed by atoms with E-state index in [0.717, 1.165) is 17.7 Å². The van der Waals surface area contributed by atoms with Crippen molar-refractivity contribution in [2.24, 2.45) is 0 Å². The smallest absolute Gasteiger partial charge is 0.0861 e. The second kappa shape index (κ2) is 3.88. The molecule has 0 aromatic carbocycles. The van der Waals surface area contributed by atoms with Crippen LogP contribution in [-0.2, 0) is 6.42 Å². The van der Waals surface area contributed by atoms with Crippen LogP contribution < -0.4 is 0 Å². The zero-order valence-electron chi connectivity index (χ0n) is 8.32. The summed E-state index contributed by atoms with van der Waals surface area (Å²) in [5.41, 5.74) is 5.40. The molecule has 0 atom stereocenters. The summed E-state index contributed by atoms with van der Waals surface area (Å²) >= 11 is 1.71. The second-order valence-corrected chi connectivity index (χ2v) is 4.11. The summed E-state index contributed by atoms with van der Waals surface area (Å²) in [7, 11) is 0. The molecule has 0 fully saturated rings. The van der Waals surface area contributed by atoms with Crippen LogP contribution in [0.15, 0.2) is 24.0 Å². The molecule has 2 heterocycles. The second-order valence-electron chi connectivity index (χ2n) is 3.17. The zero-order valence-corrected chi connectivity index (χ0v) is 9.14. The first-order valence-electron chi connectivity index (χ1n) is 4.66. The Morgan fingerprint density at radius 1 is 1.43 bits per heavy atom. The number of rotatable bonds is 2. The lowest BCUT2D eigenvalue weighted by Crippen LogP contribution is -1.88. The van der Waals surface area contributed by atoms with Crippen molar-refractivity contribution < 1.29 is 0 Å². The van der Waals surface area contributed by atoms with Gasteiger partial charge in [0.15, 0.2) is 0 Å². The molecule has 0 N–H and O–H groups in total. The van der Waals surface area contributed by atoms with E-state index < -0.39 is 0 Å². The minimum Gasteiger partial charge on any atom is -0.264 e.